The Labute approximate surface area is 122 Å². The number of ether oxygens (including phenoxy) is 2. The van der Waals surface area contributed by atoms with Gasteiger partial charge in [-0.2, -0.15) is 0 Å². The SMILES string of the molecule is C.CO.Cc1cn([C@@H]2O[C@@]3(CO)COC2C3)c(=O)[nH]c1=O. The first-order chi connectivity index (χ1) is 9.54. The fourth-order valence-corrected chi connectivity index (χ4v) is 2.50. The molecule has 2 saturated heterocycles. The van der Waals surface area contributed by atoms with E-state index in [1.165, 1.54) is 10.8 Å². The summed E-state index contributed by atoms with van der Waals surface area (Å²) in [5.41, 5.74) is -1.21. The third kappa shape index (κ3) is 2.93. The number of nitrogens with one attached hydrogen (secondary N) is 1. The quantitative estimate of drug-likeness (QED) is 0.655. The largest absolute Gasteiger partial charge is 0.400 e. The molecule has 2 bridgehead atoms. The van der Waals surface area contributed by atoms with E-state index in [-0.39, 0.29) is 20.1 Å². The molecule has 3 rings (SSSR count). The van der Waals surface area contributed by atoms with Gasteiger partial charge in [0, 0.05) is 25.3 Å². The molecule has 0 radical (unpaired) electrons. The highest BCUT2D eigenvalue weighted by atomic mass is 16.6. The molecular weight excluding hydrogens is 280 g/mol. The maximum Gasteiger partial charge on any atom is 0.330 e. The summed E-state index contributed by atoms with van der Waals surface area (Å²) >= 11 is 0. The number of fused-ring (bicyclic) bond motifs is 2. The van der Waals surface area contributed by atoms with Crippen LogP contribution < -0.4 is 11.2 Å². The third-order valence-electron chi connectivity index (χ3n) is 3.53. The Morgan fingerprint density at radius 2 is 2.14 bits per heavy atom. The Balaban J connectivity index is 0.000000706. The maximum absolute atomic E-state index is 11.8. The van der Waals surface area contributed by atoms with Gasteiger partial charge in [-0.05, 0) is 6.92 Å². The number of aromatic amines is 1. The van der Waals surface area contributed by atoms with Crippen LogP contribution >= 0.6 is 0 Å². The molecule has 3 atom stereocenters. The van der Waals surface area contributed by atoms with E-state index in [0.717, 1.165) is 7.11 Å². The zero-order valence-electron chi connectivity index (χ0n) is 11.3. The Morgan fingerprint density at radius 3 is 2.71 bits per heavy atom. The van der Waals surface area contributed by atoms with Crippen LogP contribution in [0.1, 0.15) is 25.6 Å². The Hall–Kier alpha value is -1.48. The summed E-state index contributed by atoms with van der Waals surface area (Å²) in [5.74, 6) is 0. The molecule has 2 aliphatic rings. The number of rotatable bonds is 2. The zero-order valence-corrected chi connectivity index (χ0v) is 11.3. The second-order valence-electron chi connectivity index (χ2n) is 4.88. The number of aryl methyl sites for hydroxylation is 1. The molecule has 0 aromatic carbocycles. The molecule has 3 N–H and O–H groups in total. The molecule has 21 heavy (non-hydrogen) atoms. The van der Waals surface area contributed by atoms with Crippen LogP contribution in [0.5, 0.6) is 0 Å². The minimum absolute atomic E-state index is 0. The molecule has 8 heteroatoms. The van der Waals surface area contributed by atoms with Crippen LogP contribution in [0.25, 0.3) is 0 Å². The van der Waals surface area contributed by atoms with Crippen molar-refractivity contribution in [3.8, 4) is 0 Å². The van der Waals surface area contributed by atoms with E-state index in [1.807, 2.05) is 0 Å². The lowest BCUT2D eigenvalue weighted by atomic mass is 10.0. The number of hydrogen-bond acceptors (Lipinski definition) is 6. The van der Waals surface area contributed by atoms with Crippen LogP contribution in [0, 0.1) is 6.92 Å². The highest BCUT2D eigenvalue weighted by Crippen LogP contribution is 2.43. The highest BCUT2D eigenvalue weighted by molar-refractivity contribution is 5.05. The molecule has 0 spiro atoms. The Kier molecular flexibility index (Phi) is 5.46. The normalized spacial score (nSPS) is 29.5. The summed E-state index contributed by atoms with van der Waals surface area (Å²) in [6.07, 6.45) is 1.16. The van der Waals surface area contributed by atoms with Gasteiger partial charge in [-0.15, -0.1) is 0 Å². The average Bonchev–Trinajstić information content (AvgIpc) is 3.04. The van der Waals surface area contributed by atoms with Gasteiger partial charge < -0.3 is 19.7 Å². The number of aromatic nitrogens is 2. The van der Waals surface area contributed by atoms with Gasteiger partial charge in [0.25, 0.3) is 5.56 Å². The second kappa shape index (κ2) is 6.52. The first-order valence-electron chi connectivity index (χ1n) is 6.22. The van der Waals surface area contributed by atoms with Gasteiger partial charge in [0.15, 0.2) is 6.23 Å². The van der Waals surface area contributed by atoms with Gasteiger partial charge in [0.05, 0.1) is 13.2 Å². The van der Waals surface area contributed by atoms with Crippen molar-refractivity contribution in [1.29, 1.82) is 0 Å². The summed E-state index contributed by atoms with van der Waals surface area (Å²) in [6.45, 7) is 1.81. The molecular formula is C13H22N2O6. The third-order valence-corrected chi connectivity index (χ3v) is 3.53. The standard InChI is InChI=1S/C11H14N2O5.CH4O.CH4/c1-6-3-13(10(16)12-8(6)15)9-7-2-11(4-14,18-9)5-17-7;1-2;/h3,7,9,14H,2,4-5H2,1H3,(H,12,15,16);2H,1H3;1H4/t7?,9-,11+;;/m1../s1. The molecule has 0 aliphatic carbocycles. The molecule has 1 aromatic heterocycles. The molecule has 8 nitrogen and oxygen atoms in total. The van der Waals surface area contributed by atoms with E-state index in [0.29, 0.717) is 18.6 Å². The molecule has 120 valence electrons. The molecule has 3 heterocycles. The minimum Gasteiger partial charge on any atom is -0.400 e. The molecule has 0 saturated carbocycles. The second-order valence-corrected chi connectivity index (χ2v) is 4.88. The summed E-state index contributed by atoms with van der Waals surface area (Å²) in [5, 5.41) is 16.3. The number of H-pyrrole nitrogens is 1. The summed E-state index contributed by atoms with van der Waals surface area (Å²) < 4.78 is 12.5. The van der Waals surface area contributed by atoms with Crippen molar-refractivity contribution in [3.63, 3.8) is 0 Å². The minimum atomic E-state index is -0.710. The lowest BCUT2D eigenvalue weighted by Gasteiger charge is -2.29. The number of aliphatic hydroxyl groups excluding tert-OH is 2. The van der Waals surface area contributed by atoms with Gasteiger partial charge in [-0.1, -0.05) is 7.43 Å². The molecule has 2 aliphatic heterocycles. The van der Waals surface area contributed by atoms with Crippen molar-refractivity contribution >= 4 is 0 Å². The summed E-state index contributed by atoms with van der Waals surface area (Å²) in [4.78, 5) is 25.3. The highest BCUT2D eigenvalue weighted by Gasteiger charge is 2.54. The van der Waals surface area contributed by atoms with E-state index in [9.17, 15) is 14.7 Å². The predicted octanol–water partition coefficient (Wildman–Crippen LogP) is -0.862. The lowest BCUT2D eigenvalue weighted by Crippen LogP contribution is -2.42. The van der Waals surface area contributed by atoms with Gasteiger partial charge in [0.2, 0.25) is 0 Å². The smallest absolute Gasteiger partial charge is 0.330 e. The van der Waals surface area contributed by atoms with Gasteiger partial charge >= 0.3 is 5.69 Å². The van der Waals surface area contributed by atoms with Crippen molar-refractivity contribution in [2.75, 3.05) is 20.3 Å². The lowest BCUT2D eigenvalue weighted by molar-refractivity contribution is -0.184. The van der Waals surface area contributed by atoms with Gasteiger partial charge in [0.1, 0.15) is 11.7 Å². The van der Waals surface area contributed by atoms with E-state index >= 15 is 0 Å². The molecule has 1 unspecified atom stereocenters. The van der Waals surface area contributed by atoms with Crippen LogP contribution in [0.4, 0.5) is 0 Å². The predicted molar refractivity (Wildman–Crippen MR) is 75.2 cm³/mol. The van der Waals surface area contributed by atoms with E-state index in [4.69, 9.17) is 14.6 Å². The fraction of sp³-hybridized carbons (Fsp3) is 0.692. The topological polar surface area (TPSA) is 114 Å². The van der Waals surface area contributed by atoms with Crippen LogP contribution in [0.15, 0.2) is 15.8 Å². The van der Waals surface area contributed by atoms with Gasteiger partial charge in [-0.3, -0.25) is 14.3 Å². The Morgan fingerprint density at radius 1 is 1.48 bits per heavy atom. The van der Waals surface area contributed by atoms with E-state index < -0.39 is 23.1 Å². The van der Waals surface area contributed by atoms with Crippen LogP contribution in [-0.4, -0.2) is 51.8 Å². The summed E-state index contributed by atoms with van der Waals surface area (Å²) in [7, 11) is 1.00. The monoisotopic (exact) mass is 302 g/mol. The van der Waals surface area contributed by atoms with E-state index in [1.54, 1.807) is 6.92 Å². The van der Waals surface area contributed by atoms with Crippen molar-refractivity contribution in [2.45, 2.75) is 38.7 Å². The molecule has 0 amide bonds. The van der Waals surface area contributed by atoms with Crippen molar-refractivity contribution < 1.29 is 19.7 Å². The van der Waals surface area contributed by atoms with Crippen LogP contribution in [0.2, 0.25) is 0 Å². The number of nitrogens with zero attached hydrogens (tertiary/aromatic N) is 1. The van der Waals surface area contributed by atoms with Crippen LogP contribution in [0.3, 0.4) is 0 Å². The van der Waals surface area contributed by atoms with Crippen molar-refractivity contribution in [1.82, 2.24) is 9.55 Å². The molecule has 2 fully saturated rings. The zero-order chi connectivity index (χ0) is 14.9. The number of aliphatic hydroxyl groups is 2. The van der Waals surface area contributed by atoms with Crippen molar-refractivity contribution in [3.05, 3.63) is 32.6 Å². The van der Waals surface area contributed by atoms with E-state index in [2.05, 4.69) is 4.98 Å². The van der Waals surface area contributed by atoms with Crippen molar-refractivity contribution in [2.24, 2.45) is 0 Å². The number of hydrogen-bond donors (Lipinski definition) is 3. The maximum atomic E-state index is 11.8. The Bertz CT molecular complexity index is 595. The first-order valence-corrected chi connectivity index (χ1v) is 6.22. The average molecular weight is 302 g/mol. The van der Waals surface area contributed by atoms with Crippen LogP contribution in [-0.2, 0) is 9.47 Å². The fourth-order valence-electron chi connectivity index (χ4n) is 2.50. The van der Waals surface area contributed by atoms with Gasteiger partial charge in [-0.25, -0.2) is 4.79 Å². The molecule has 1 aromatic rings. The first kappa shape index (κ1) is 17.6. The summed E-state index contributed by atoms with van der Waals surface area (Å²) in [6, 6.07) is 0.